The van der Waals surface area contributed by atoms with Gasteiger partial charge in [-0.25, -0.2) is 0 Å². The lowest BCUT2D eigenvalue weighted by molar-refractivity contribution is 0.322. The topological polar surface area (TPSA) is 79.1 Å². The number of rotatable bonds is 5. The second kappa shape index (κ2) is 5.86. The molecular weight excluding hydrogens is 228 g/mol. The van der Waals surface area contributed by atoms with Crippen molar-refractivity contribution in [1.82, 2.24) is 14.9 Å². The van der Waals surface area contributed by atoms with E-state index in [1.165, 1.54) is 19.4 Å². The minimum Gasteiger partial charge on any atom is -0.370 e. The third kappa shape index (κ3) is 3.22. The van der Waals surface area contributed by atoms with E-state index in [0.717, 1.165) is 24.7 Å². The number of nitrogens with one attached hydrogen (secondary N) is 2. The summed E-state index contributed by atoms with van der Waals surface area (Å²) in [4.78, 5) is 10.7. The molecule has 1 saturated heterocycles. The Bertz CT molecular complexity index is 394. The highest BCUT2D eigenvalue weighted by Gasteiger charge is 2.20. The van der Waals surface area contributed by atoms with Crippen molar-refractivity contribution >= 4 is 17.6 Å². The first-order valence-electron chi connectivity index (χ1n) is 6.51. The van der Waals surface area contributed by atoms with Gasteiger partial charge in [-0.2, -0.15) is 9.97 Å². The van der Waals surface area contributed by atoms with E-state index in [1.807, 2.05) is 13.0 Å². The molecule has 0 radical (unpaired) electrons. The molecule has 0 bridgehead atoms. The maximum Gasteiger partial charge on any atom is 0.223 e. The third-order valence-electron chi connectivity index (χ3n) is 3.29. The molecule has 0 aliphatic carbocycles. The van der Waals surface area contributed by atoms with Gasteiger partial charge in [-0.1, -0.05) is 0 Å². The van der Waals surface area contributed by atoms with Gasteiger partial charge in [-0.05, 0) is 33.4 Å². The standard InChI is InChI=1S/C12H22N6/c1-3-14-10-7-11(17-12(13)16-10)15-8-9-5-4-6-18(9)2/h7,9H,3-6,8H2,1-2H3,(H4,13,14,15,16,17). The number of hydrogen-bond donors (Lipinski definition) is 3. The van der Waals surface area contributed by atoms with Crippen LogP contribution < -0.4 is 16.4 Å². The van der Waals surface area contributed by atoms with Gasteiger partial charge in [0.1, 0.15) is 11.6 Å². The Morgan fingerprint density at radius 2 is 2.11 bits per heavy atom. The number of nitrogens with two attached hydrogens (primary N) is 1. The quantitative estimate of drug-likeness (QED) is 0.723. The molecular formula is C12H22N6. The summed E-state index contributed by atoms with van der Waals surface area (Å²) in [5.74, 6) is 1.86. The predicted molar refractivity (Wildman–Crippen MR) is 74.7 cm³/mol. The first kappa shape index (κ1) is 12.9. The van der Waals surface area contributed by atoms with E-state index >= 15 is 0 Å². The molecule has 18 heavy (non-hydrogen) atoms. The van der Waals surface area contributed by atoms with Crippen molar-refractivity contribution in [2.24, 2.45) is 0 Å². The third-order valence-corrected chi connectivity index (χ3v) is 3.29. The van der Waals surface area contributed by atoms with Gasteiger partial charge >= 0.3 is 0 Å². The average molecular weight is 250 g/mol. The normalized spacial score (nSPS) is 20.0. The van der Waals surface area contributed by atoms with Gasteiger partial charge in [-0.3, -0.25) is 0 Å². The van der Waals surface area contributed by atoms with Crippen LogP contribution in [0.15, 0.2) is 6.07 Å². The SMILES string of the molecule is CCNc1cc(NCC2CCCN2C)nc(N)n1. The highest BCUT2D eigenvalue weighted by atomic mass is 15.2. The van der Waals surface area contributed by atoms with Crippen LogP contribution in [0.4, 0.5) is 17.6 Å². The molecule has 100 valence electrons. The second-order valence-corrected chi connectivity index (χ2v) is 4.68. The molecule has 2 heterocycles. The molecule has 1 unspecified atom stereocenters. The van der Waals surface area contributed by atoms with E-state index < -0.39 is 0 Å². The zero-order chi connectivity index (χ0) is 13.0. The fourth-order valence-corrected chi connectivity index (χ4v) is 2.29. The van der Waals surface area contributed by atoms with E-state index in [4.69, 9.17) is 5.73 Å². The molecule has 4 N–H and O–H groups in total. The highest BCUT2D eigenvalue weighted by molar-refractivity contribution is 5.51. The number of nitrogens with zero attached hydrogens (tertiary/aromatic N) is 3. The minimum absolute atomic E-state index is 0.302. The van der Waals surface area contributed by atoms with Gasteiger partial charge in [0.15, 0.2) is 0 Å². The number of aromatic nitrogens is 2. The Hall–Kier alpha value is -1.56. The first-order valence-corrected chi connectivity index (χ1v) is 6.51. The van der Waals surface area contributed by atoms with Crippen LogP contribution in [0.3, 0.4) is 0 Å². The number of hydrogen-bond acceptors (Lipinski definition) is 6. The van der Waals surface area contributed by atoms with Crippen molar-refractivity contribution < 1.29 is 0 Å². The lowest BCUT2D eigenvalue weighted by Gasteiger charge is -2.20. The van der Waals surface area contributed by atoms with E-state index in [1.54, 1.807) is 0 Å². The molecule has 0 saturated carbocycles. The molecule has 6 nitrogen and oxygen atoms in total. The molecule has 2 rings (SSSR count). The first-order chi connectivity index (χ1) is 8.69. The van der Waals surface area contributed by atoms with Crippen LogP contribution in [0.2, 0.25) is 0 Å². The summed E-state index contributed by atoms with van der Waals surface area (Å²) < 4.78 is 0. The smallest absolute Gasteiger partial charge is 0.223 e. The fourth-order valence-electron chi connectivity index (χ4n) is 2.29. The molecule has 1 atom stereocenters. The van der Waals surface area contributed by atoms with Crippen molar-refractivity contribution in [3.8, 4) is 0 Å². The summed E-state index contributed by atoms with van der Waals surface area (Å²) in [6.45, 7) is 4.93. The highest BCUT2D eigenvalue weighted by Crippen LogP contribution is 2.17. The van der Waals surface area contributed by atoms with Crippen LogP contribution in [0.25, 0.3) is 0 Å². The molecule has 0 spiro atoms. The number of likely N-dealkylation sites (N-methyl/N-ethyl adjacent to an activating group) is 1. The van der Waals surface area contributed by atoms with Crippen molar-refractivity contribution in [2.75, 3.05) is 43.0 Å². The van der Waals surface area contributed by atoms with Crippen molar-refractivity contribution in [3.05, 3.63) is 6.07 Å². The van der Waals surface area contributed by atoms with Gasteiger partial charge in [-0.15, -0.1) is 0 Å². The Kier molecular flexibility index (Phi) is 4.19. The van der Waals surface area contributed by atoms with Crippen LogP contribution >= 0.6 is 0 Å². The van der Waals surface area contributed by atoms with Gasteiger partial charge in [0.2, 0.25) is 5.95 Å². The summed E-state index contributed by atoms with van der Waals surface area (Å²) in [7, 11) is 2.16. The maximum atomic E-state index is 5.69. The Labute approximate surface area is 108 Å². The van der Waals surface area contributed by atoms with Crippen molar-refractivity contribution in [3.63, 3.8) is 0 Å². The van der Waals surface area contributed by atoms with Gasteiger partial charge < -0.3 is 21.3 Å². The monoisotopic (exact) mass is 250 g/mol. The molecule has 1 aromatic rings. The second-order valence-electron chi connectivity index (χ2n) is 4.68. The number of anilines is 3. The Balaban J connectivity index is 1.95. The summed E-state index contributed by atoms with van der Waals surface area (Å²) in [5, 5.41) is 6.49. The van der Waals surface area contributed by atoms with E-state index in [-0.39, 0.29) is 0 Å². The van der Waals surface area contributed by atoms with Crippen LogP contribution in [0.5, 0.6) is 0 Å². The molecule has 0 aromatic carbocycles. The van der Waals surface area contributed by atoms with Gasteiger partial charge in [0, 0.05) is 25.2 Å². The summed E-state index contributed by atoms with van der Waals surface area (Å²) in [6, 6.07) is 2.48. The molecule has 6 heteroatoms. The summed E-state index contributed by atoms with van der Waals surface area (Å²) in [5.41, 5.74) is 5.69. The van der Waals surface area contributed by atoms with E-state index in [0.29, 0.717) is 12.0 Å². The van der Waals surface area contributed by atoms with Crippen LogP contribution in [0, 0.1) is 0 Å². The molecule has 1 aromatic heterocycles. The molecule has 1 aliphatic rings. The average Bonchev–Trinajstić information content (AvgIpc) is 2.72. The number of nitrogen functional groups attached to an aromatic ring is 1. The lowest BCUT2D eigenvalue weighted by atomic mass is 10.2. The van der Waals surface area contributed by atoms with Crippen LogP contribution in [0.1, 0.15) is 19.8 Å². The summed E-state index contributed by atoms with van der Waals surface area (Å²) >= 11 is 0. The fraction of sp³-hybridized carbons (Fsp3) is 0.667. The van der Waals surface area contributed by atoms with Crippen LogP contribution in [-0.2, 0) is 0 Å². The minimum atomic E-state index is 0.302. The van der Waals surface area contributed by atoms with Crippen LogP contribution in [-0.4, -0.2) is 47.6 Å². The van der Waals surface area contributed by atoms with Gasteiger partial charge in [0.25, 0.3) is 0 Å². The summed E-state index contributed by atoms with van der Waals surface area (Å²) in [6.07, 6.45) is 2.52. The van der Waals surface area contributed by atoms with Crippen molar-refractivity contribution in [1.29, 1.82) is 0 Å². The molecule has 0 amide bonds. The van der Waals surface area contributed by atoms with E-state index in [9.17, 15) is 0 Å². The Morgan fingerprint density at radius 1 is 1.39 bits per heavy atom. The number of likely N-dealkylation sites (tertiary alicyclic amines) is 1. The molecule has 1 fully saturated rings. The zero-order valence-corrected chi connectivity index (χ0v) is 11.1. The molecule has 1 aliphatic heterocycles. The predicted octanol–water partition coefficient (Wildman–Crippen LogP) is 0.997. The zero-order valence-electron chi connectivity index (χ0n) is 11.1. The lowest BCUT2D eigenvalue weighted by Crippen LogP contribution is -2.31. The Morgan fingerprint density at radius 3 is 2.72 bits per heavy atom. The maximum absolute atomic E-state index is 5.69. The van der Waals surface area contributed by atoms with E-state index in [2.05, 4.69) is 32.5 Å². The van der Waals surface area contributed by atoms with Crippen molar-refractivity contribution in [2.45, 2.75) is 25.8 Å². The van der Waals surface area contributed by atoms with Gasteiger partial charge in [0.05, 0.1) is 0 Å². The largest absolute Gasteiger partial charge is 0.370 e.